The number of hydrogen-bond donors (Lipinski definition) is 9. The van der Waals surface area contributed by atoms with E-state index in [1.165, 1.54) is 0 Å². The molecule has 0 aromatic rings. The fraction of sp³-hybridized carbons (Fsp3) is 0.684. The zero-order chi connectivity index (χ0) is 26.4. The minimum atomic E-state index is -1.84. The van der Waals surface area contributed by atoms with Crippen LogP contribution in [0, 0.1) is 0 Å². The van der Waals surface area contributed by atoms with Gasteiger partial charge in [-0.15, -0.1) is 0 Å². The van der Waals surface area contributed by atoms with Crippen LogP contribution < -0.4 is 27.4 Å². The van der Waals surface area contributed by atoms with Crippen molar-refractivity contribution in [3.05, 3.63) is 0 Å². The molecule has 0 aliphatic rings. The normalized spacial score (nSPS) is 15.2. The number of carbonyl (C=O) groups excluding carboxylic acids is 3. The summed E-state index contributed by atoms with van der Waals surface area (Å²) in [5, 5.41) is 43.0. The van der Waals surface area contributed by atoms with Gasteiger partial charge < -0.3 is 47.8 Å². The van der Waals surface area contributed by atoms with Crippen LogP contribution >= 0.6 is 0 Å². The van der Waals surface area contributed by atoms with Crippen molar-refractivity contribution in [1.82, 2.24) is 16.0 Å². The molecule has 0 aromatic carbocycles. The van der Waals surface area contributed by atoms with Crippen LogP contribution in [-0.4, -0.2) is 92.9 Å². The van der Waals surface area contributed by atoms with Crippen molar-refractivity contribution in [1.29, 1.82) is 0 Å². The highest BCUT2D eigenvalue weighted by atomic mass is 16.4. The standard InChI is InChI=1S/C19H33N5O10/c1-9(25)15(18(32)23-12(19(33)34)8-14(28)29)24-17(31)11(5-6-13(26)27)22-16(30)10(21)4-2-3-7-20/h9-12,15,25H,2-8,20-21H2,1H3,(H,22,30)(H,23,32)(H,24,31)(H,26,27)(H,28,29)(H,33,34). The van der Waals surface area contributed by atoms with E-state index in [9.17, 15) is 33.9 Å². The zero-order valence-electron chi connectivity index (χ0n) is 18.7. The predicted molar refractivity (Wildman–Crippen MR) is 115 cm³/mol. The molecule has 11 N–H and O–H groups in total. The Balaban J connectivity index is 5.43. The smallest absolute Gasteiger partial charge is 0.326 e. The quantitative estimate of drug-likeness (QED) is 0.0905. The second-order valence-electron chi connectivity index (χ2n) is 7.61. The Morgan fingerprint density at radius 3 is 1.85 bits per heavy atom. The number of carboxylic acid groups (broad SMARTS) is 3. The maximum Gasteiger partial charge on any atom is 0.326 e. The highest BCUT2D eigenvalue weighted by molar-refractivity contribution is 5.95. The molecule has 0 aliphatic carbocycles. The molecule has 0 bridgehead atoms. The molecule has 0 saturated carbocycles. The van der Waals surface area contributed by atoms with Crippen LogP contribution in [0.15, 0.2) is 0 Å². The Morgan fingerprint density at radius 2 is 1.38 bits per heavy atom. The average Bonchev–Trinajstić information content (AvgIpc) is 2.73. The van der Waals surface area contributed by atoms with Gasteiger partial charge in [0.05, 0.1) is 18.6 Å². The number of nitrogens with one attached hydrogen (secondary N) is 3. The van der Waals surface area contributed by atoms with E-state index in [1.807, 2.05) is 5.32 Å². The Hall–Kier alpha value is -3.30. The Bertz CT molecular complexity index is 745. The third-order valence-electron chi connectivity index (χ3n) is 4.64. The van der Waals surface area contributed by atoms with Crippen LogP contribution in [0.2, 0.25) is 0 Å². The van der Waals surface area contributed by atoms with E-state index in [0.717, 1.165) is 6.92 Å². The summed E-state index contributed by atoms with van der Waals surface area (Å²) in [6.07, 6.45) is -1.98. The minimum absolute atomic E-state index is 0.259. The van der Waals surface area contributed by atoms with E-state index in [4.69, 9.17) is 26.8 Å². The topological polar surface area (TPSA) is 271 Å². The molecule has 0 heterocycles. The van der Waals surface area contributed by atoms with E-state index < -0.39 is 78.7 Å². The summed E-state index contributed by atoms with van der Waals surface area (Å²) in [6.45, 7) is 1.51. The van der Waals surface area contributed by atoms with Crippen molar-refractivity contribution < 1.29 is 49.2 Å². The van der Waals surface area contributed by atoms with Crippen molar-refractivity contribution in [2.24, 2.45) is 11.5 Å². The number of aliphatic carboxylic acids is 3. The van der Waals surface area contributed by atoms with Gasteiger partial charge in [-0.3, -0.25) is 24.0 Å². The van der Waals surface area contributed by atoms with Crippen LogP contribution in [0.5, 0.6) is 0 Å². The van der Waals surface area contributed by atoms with Gasteiger partial charge >= 0.3 is 17.9 Å². The maximum absolute atomic E-state index is 12.7. The number of rotatable bonds is 17. The molecule has 5 atom stereocenters. The van der Waals surface area contributed by atoms with Crippen molar-refractivity contribution in [3.63, 3.8) is 0 Å². The summed E-state index contributed by atoms with van der Waals surface area (Å²) in [7, 11) is 0. The first kappa shape index (κ1) is 30.7. The Labute approximate surface area is 195 Å². The van der Waals surface area contributed by atoms with Crippen molar-refractivity contribution in [2.75, 3.05) is 6.54 Å². The van der Waals surface area contributed by atoms with E-state index in [1.54, 1.807) is 0 Å². The lowest BCUT2D eigenvalue weighted by atomic mass is 10.1. The molecule has 5 unspecified atom stereocenters. The molecule has 194 valence electrons. The molecule has 15 nitrogen and oxygen atoms in total. The number of carboxylic acids is 3. The number of amides is 3. The molecule has 0 aromatic heterocycles. The molecular weight excluding hydrogens is 458 g/mol. The third-order valence-corrected chi connectivity index (χ3v) is 4.64. The largest absolute Gasteiger partial charge is 0.481 e. The second kappa shape index (κ2) is 15.5. The first-order valence-corrected chi connectivity index (χ1v) is 10.5. The number of unbranched alkanes of at least 4 members (excludes halogenated alkanes) is 1. The molecule has 0 radical (unpaired) electrons. The van der Waals surface area contributed by atoms with E-state index in [-0.39, 0.29) is 12.8 Å². The maximum atomic E-state index is 12.7. The summed E-state index contributed by atoms with van der Waals surface area (Å²) in [6, 6.07) is -6.01. The van der Waals surface area contributed by atoms with Gasteiger partial charge in [-0.2, -0.15) is 0 Å². The summed E-state index contributed by atoms with van der Waals surface area (Å²) < 4.78 is 0. The first-order valence-electron chi connectivity index (χ1n) is 10.5. The van der Waals surface area contributed by atoms with Gasteiger partial charge in [0.25, 0.3) is 0 Å². The SMILES string of the molecule is CC(O)C(NC(=O)C(CCC(=O)O)NC(=O)C(N)CCCCN)C(=O)NC(CC(=O)O)C(=O)O. The molecule has 0 spiro atoms. The molecular formula is C19H33N5O10. The number of aliphatic hydroxyl groups excluding tert-OH is 1. The van der Waals surface area contributed by atoms with Crippen LogP contribution in [0.25, 0.3) is 0 Å². The second-order valence-corrected chi connectivity index (χ2v) is 7.61. The van der Waals surface area contributed by atoms with Gasteiger partial charge in [-0.1, -0.05) is 6.42 Å². The van der Waals surface area contributed by atoms with Crippen molar-refractivity contribution >= 4 is 35.6 Å². The fourth-order valence-corrected chi connectivity index (χ4v) is 2.75. The lowest BCUT2D eigenvalue weighted by molar-refractivity contribution is -0.148. The first-order chi connectivity index (χ1) is 15.8. The van der Waals surface area contributed by atoms with Gasteiger partial charge in [0.2, 0.25) is 17.7 Å². The zero-order valence-corrected chi connectivity index (χ0v) is 18.7. The van der Waals surface area contributed by atoms with Crippen molar-refractivity contribution in [2.45, 2.75) is 75.7 Å². The fourth-order valence-electron chi connectivity index (χ4n) is 2.75. The van der Waals surface area contributed by atoms with E-state index in [0.29, 0.717) is 19.4 Å². The number of nitrogens with two attached hydrogens (primary N) is 2. The predicted octanol–water partition coefficient (Wildman–Crippen LogP) is -3.30. The Morgan fingerprint density at radius 1 is 0.794 bits per heavy atom. The van der Waals surface area contributed by atoms with Crippen molar-refractivity contribution in [3.8, 4) is 0 Å². The molecule has 34 heavy (non-hydrogen) atoms. The number of carbonyl (C=O) groups is 6. The minimum Gasteiger partial charge on any atom is -0.481 e. The number of aliphatic hydroxyl groups is 1. The van der Waals surface area contributed by atoms with Crippen LogP contribution in [-0.2, 0) is 28.8 Å². The lowest BCUT2D eigenvalue weighted by Crippen LogP contribution is -2.60. The average molecular weight is 491 g/mol. The van der Waals surface area contributed by atoms with Gasteiger partial charge in [0.15, 0.2) is 0 Å². The molecule has 3 amide bonds. The molecule has 0 aliphatic heterocycles. The highest BCUT2D eigenvalue weighted by Gasteiger charge is 2.33. The molecule has 0 fully saturated rings. The number of hydrogen-bond acceptors (Lipinski definition) is 9. The summed E-state index contributed by atoms with van der Waals surface area (Å²) in [5.41, 5.74) is 11.2. The summed E-state index contributed by atoms with van der Waals surface area (Å²) >= 11 is 0. The monoisotopic (exact) mass is 491 g/mol. The van der Waals surface area contributed by atoms with Gasteiger partial charge in [-0.05, 0) is 32.7 Å². The highest BCUT2D eigenvalue weighted by Crippen LogP contribution is 2.05. The van der Waals surface area contributed by atoms with Crippen LogP contribution in [0.3, 0.4) is 0 Å². The third kappa shape index (κ3) is 12.1. The molecule has 15 heteroatoms. The van der Waals surface area contributed by atoms with Crippen LogP contribution in [0.1, 0.15) is 45.4 Å². The molecule has 0 rings (SSSR count). The molecule has 0 saturated heterocycles. The van der Waals surface area contributed by atoms with Gasteiger partial charge in [0, 0.05) is 6.42 Å². The van der Waals surface area contributed by atoms with E-state index >= 15 is 0 Å². The summed E-state index contributed by atoms with van der Waals surface area (Å²) in [4.78, 5) is 70.4. The Kier molecular flexibility index (Phi) is 14.0. The summed E-state index contributed by atoms with van der Waals surface area (Å²) in [5.74, 6) is -7.39. The van der Waals surface area contributed by atoms with Gasteiger partial charge in [-0.25, -0.2) is 4.79 Å². The lowest BCUT2D eigenvalue weighted by Gasteiger charge is -2.26. The van der Waals surface area contributed by atoms with Gasteiger partial charge in [0.1, 0.15) is 18.1 Å². The van der Waals surface area contributed by atoms with Crippen LogP contribution in [0.4, 0.5) is 0 Å². The van der Waals surface area contributed by atoms with E-state index in [2.05, 4.69) is 10.6 Å².